The predicted molar refractivity (Wildman–Crippen MR) is 72.6 cm³/mol. The third kappa shape index (κ3) is 3.35. The summed E-state index contributed by atoms with van der Waals surface area (Å²) in [5.74, 6) is 0.197. The number of nitrogens with zero attached hydrogens (tertiary/aromatic N) is 2. The first-order chi connectivity index (χ1) is 9.33. The molecular weight excluding hydrogens is 240 g/mol. The molecule has 0 spiro atoms. The van der Waals surface area contributed by atoms with Crippen molar-refractivity contribution in [2.75, 3.05) is 6.54 Å². The average molecular weight is 262 g/mol. The molecular formula is C14H22N4O. The SMILES string of the molecule is O=C(CCCn1cncc1C1CCCN1)NC1CC1. The molecule has 1 aromatic heterocycles. The zero-order chi connectivity index (χ0) is 13.1. The Balaban J connectivity index is 1.46. The Hall–Kier alpha value is -1.36. The zero-order valence-corrected chi connectivity index (χ0v) is 11.3. The van der Waals surface area contributed by atoms with Crippen LogP contribution in [0.25, 0.3) is 0 Å². The number of carbonyl (C=O) groups is 1. The van der Waals surface area contributed by atoms with E-state index in [0.29, 0.717) is 18.5 Å². The predicted octanol–water partition coefficient (Wildman–Crippen LogP) is 1.37. The van der Waals surface area contributed by atoms with Gasteiger partial charge in [0.1, 0.15) is 0 Å². The van der Waals surface area contributed by atoms with E-state index in [9.17, 15) is 4.79 Å². The van der Waals surface area contributed by atoms with E-state index in [0.717, 1.165) is 32.4 Å². The number of aryl methyl sites for hydroxylation is 1. The monoisotopic (exact) mass is 262 g/mol. The molecule has 2 aliphatic rings. The first kappa shape index (κ1) is 12.7. The number of imidazole rings is 1. The molecule has 2 N–H and O–H groups in total. The maximum absolute atomic E-state index is 11.6. The van der Waals surface area contributed by atoms with E-state index in [-0.39, 0.29) is 5.91 Å². The Labute approximate surface area is 113 Å². The summed E-state index contributed by atoms with van der Waals surface area (Å²) in [4.78, 5) is 15.9. The third-order valence-electron chi connectivity index (χ3n) is 3.91. The van der Waals surface area contributed by atoms with Gasteiger partial charge in [0, 0.05) is 31.2 Å². The number of nitrogens with one attached hydrogen (secondary N) is 2. The molecule has 1 aliphatic carbocycles. The molecule has 3 rings (SSSR count). The number of rotatable bonds is 6. The Bertz CT molecular complexity index is 432. The van der Waals surface area contributed by atoms with Crippen LogP contribution in [0.5, 0.6) is 0 Å². The Morgan fingerprint density at radius 2 is 2.37 bits per heavy atom. The van der Waals surface area contributed by atoms with Gasteiger partial charge >= 0.3 is 0 Å². The van der Waals surface area contributed by atoms with Crippen LogP contribution in [0.15, 0.2) is 12.5 Å². The summed E-state index contributed by atoms with van der Waals surface area (Å²) in [6, 6.07) is 0.918. The van der Waals surface area contributed by atoms with E-state index in [2.05, 4.69) is 20.2 Å². The van der Waals surface area contributed by atoms with Crippen molar-refractivity contribution in [3.63, 3.8) is 0 Å². The fourth-order valence-electron chi connectivity index (χ4n) is 2.68. The maximum Gasteiger partial charge on any atom is 0.220 e. The standard InChI is InChI=1S/C14H22N4O/c19-14(17-11-5-6-11)4-2-8-18-10-15-9-13(18)12-3-1-7-16-12/h9-12,16H,1-8H2,(H,17,19). The van der Waals surface area contributed by atoms with Crippen molar-refractivity contribution in [1.82, 2.24) is 20.2 Å². The lowest BCUT2D eigenvalue weighted by molar-refractivity contribution is -0.121. The number of carbonyl (C=O) groups excluding carboxylic acids is 1. The molecule has 0 radical (unpaired) electrons. The quantitative estimate of drug-likeness (QED) is 0.814. The highest BCUT2D eigenvalue weighted by Crippen LogP contribution is 2.23. The van der Waals surface area contributed by atoms with E-state index in [1.54, 1.807) is 0 Å². The van der Waals surface area contributed by atoms with E-state index >= 15 is 0 Å². The van der Waals surface area contributed by atoms with Gasteiger partial charge in [-0.05, 0) is 38.6 Å². The van der Waals surface area contributed by atoms with Crippen LogP contribution in [0.4, 0.5) is 0 Å². The van der Waals surface area contributed by atoms with Gasteiger partial charge in [0.2, 0.25) is 5.91 Å². The van der Waals surface area contributed by atoms with Gasteiger partial charge in [-0.15, -0.1) is 0 Å². The highest BCUT2D eigenvalue weighted by atomic mass is 16.1. The summed E-state index contributed by atoms with van der Waals surface area (Å²) < 4.78 is 2.19. The lowest BCUT2D eigenvalue weighted by Crippen LogP contribution is -2.25. The Morgan fingerprint density at radius 1 is 1.47 bits per heavy atom. The van der Waals surface area contributed by atoms with Gasteiger partial charge in [-0.3, -0.25) is 4.79 Å². The molecule has 2 heterocycles. The Kier molecular flexibility index (Phi) is 3.82. The van der Waals surface area contributed by atoms with Crippen molar-refractivity contribution in [3.05, 3.63) is 18.2 Å². The van der Waals surface area contributed by atoms with Gasteiger partial charge in [0.25, 0.3) is 0 Å². The minimum atomic E-state index is 0.197. The second kappa shape index (κ2) is 5.74. The molecule has 1 amide bonds. The molecule has 5 heteroatoms. The average Bonchev–Trinajstić information content (AvgIpc) is 2.91. The van der Waals surface area contributed by atoms with Crippen LogP contribution < -0.4 is 10.6 Å². The van der Waals surface area contributed by atoms with Crippen molar-refractivity contribution in [1.29, 1.82) is 0 Å². The van der Waals surface area contributed by atoms with Crippen LogP contribution in [0.3, 0.4) is 0 Å². The molecule has 1 aromatic rings. The molecule has 0 aromatic carbocycles. The van der Waals surface area contributed by atoms with Gasteiger partial charge < -0.3 is 15.2 Å². The van der Waals surface area contributed by atoms with Crippen LogP contribution in [-0.2, 0) is 11.3 Å². The number of hydrogen-bond acceptors (Lipinski definition) is 3. The molecule has 2 fully saturated rings. The summed E-state index contributed by atoms with van der Waals surface area (Å²) >= 11 is 0. The minimum absolute atomic E-state index is 0.197. The van der Waals surface area contributed by atoms with Gasteiger partial charge in [0.05, 0.1) is 12.0 Å². The fourth-order valence-corrected chi connectivity index (χ4v) is 2.68. The van der Waals surface area contributed by atoms with Crippen molar-refractivity contribution >= 4 is 5.91 Å². The number of amides is 1. The maximum atomic E-state index is 11.6. The minimum Gasteiger partial charge on any atom is -0.353 e. The lowest BCUT2D eigenvalue weighted by Gasteiger charge is -2.13. The second-order valence-corrected chi connectivity index (χ2v) is 5.61. The van der Waals surface area contributed by atoms with Gasteiger partial charge in [-0.25, -0.2) is 4.98 Å². The topological polar surface area (TPSA) is 59.0 Å². The van der Waals surface area contributed by atoms with Crippen LogP contribution >= 0.6 is 0 Å². The molecule has 19 heavy (non-hydrogen) atoms. The Morgan fingerprint density at radius 3 is 3.11 bits per heavy atom. The first-order valence-corrected chi connectivity index (χ1v) is 7.36. The number of hydrogen-bond donors (Lipinski definition) is 2. The molecule has 104 valence electrons. The highest BCUT2D eigenvalue weighted by Gasteiger charge is 2.23. The summed E-state index contributed by atoms with van der Waals surface area (Å²) in [7, 11) is 0. The van der Waals surface area contributed by atoms with E-state index in [1.165, 1.54) is 18.5 Å². The smallest absolute Gasteiger partial charge is 0.220 e. The largest absolute Gasteiger partial charge is 0.353 e. The second-order valence-electron chi connectivity index (χ2n) is 5.61. The lowest BCUT2D eigenvalue weighted by atomic mass is 10.1. The highest BCUT2D eigenvalue weighted by molar-refractivity contribution is 5.76. The molecule has 1 saturated heterocycles. The number of aromatic nitrogens is 2. The van der Waals surface area contributed by atoms with Gasteiger partial charge in [-0.1, -0.05) is 0 Å². The van der Waals surface area contributed by atoms with E-state index < -0.39 is 0 Å². The van der Waals surface area contributed by atoms with E-state index in [4.69, 9.17) is 0 Å². The van der Waals surface area contributed by atoms with Crippen LogP contribution in [0.2, 0.25) is 0 Å². The van der Waals surface area contributed by atoms with Crippen LogP contribution in [0, 0.1) is 0 Å². The molecule has 1 aliphatic heterocycles. The fraction of sp³-hybridized carbons (Fsp3) is 0.714. The van der Waals surface area contributed by atoms with Crippen molar-refractivity contribution in [2.45, 2.75) is 57.2 Å². The molecule has 1 atom stereocenters. The summed E-state index contributed by atoms with van der Waals surface area (Å²) in [5.41, 5.74) is 1.26. The summed E-state index contributed by atoms with van der Waals surface area (Å²) in [5, 5.41) is 6.52. The van der Waals surface area contributed by atoms with E-state index in [1.807, 2.05) is 12.5 Å². The summed E-state index contributed by atoms with van der Waals surface area (Å²) in [6.07, 6.45) is 10.1. The molecule has 0 bridgehead atoms. The van der Waals surface area contributed by atoms with Gasteiger partial charge in [-0.2, -0.15) is 0 Å². The van der Waals surface area contributed by atoms with Crippen LogP contribution in [0.1, 0.15) is 50.3 Å². The summed E-state index contributed by atoms with van der Waals surface area (Å²) in [6.45, 7) is 1.98. The van der Waals surface area contributed by atoms with Gasteiger partial charge in [0.15, 0.2) is 0 Å². The molecule has 1 unspecified atom stereocenters. The third-order valence-corrected chi connectivity index (χ3v) is 3.91. The van der Waals surface area contributed by atoms with Crippen molar-refractivity contribution < 1.29 is 4.79 Å². The first-order valence-electron chi connectivity index (χ1n) is 7.36. The molecule has 5 nitrogen and oxygen atoms in total. The normalized spacial score (nSPS) is 22.6. The van der Waals surface area contributed by atoms with Crippen molar-refractivity contribution in [2.24, 2.45) is 0 Å². The van der Waals surface area contributed by atoms with Crippen LogP contribution in [-0.4, -0.2) is 28.0 Å². The van der Waals surface area contributed by atoms with Crippen molar-refractivity contribution in [3.8, 4) is 0 Å². The zero-order valence-electron chi connectivity index (χ0n) is 11.3. The molecule has 1 saturated carbocycles.